The third kappa shape index (κ3) is 3.00. The summed E-state index contributed by atoms with van der Waals surface area (Å²) in [6.45, 7) is 2.24. The van der Waals surface area contributed by atoms with Crippen LogP contribution in [0.4, 0.5) is 5.95 Å². The highest BCUT2D eigenvalue weighted by molar-refractivity contribution is 5.31. The molecule has 0 radical (unpaired) electrons. The molecule has 4 heteroatoms. The molecule has 20 heavy (non-hydrogen) atoms. The Kier molecular flexibility index (Phi) is 4.00. The van der Waals surface area contributed by atoms with Gasteiger partial charge in [0.1, 0.15) is 0 Å². The maximum atomic E-state index is 4.70. The molecular weight excluding hydrogens is 248 g/mol. The standard InChI is InChI=1S/C16H22N4/c1-19-16(20-12-5-6-13-20)17-15(18-19)11-7-10-14-8-3-2-4-9-14/h2-4,8-9H,5-7,10-13H2,1H3. The molecule has 4 nitrogen and oxygen atoms in total. The Labute approximate surface area is 120 Å². The Morgan fingerprint density at radius 1 is 1.05 bits per heavy atom. The van der Waals surface area contributed by atoms with Crippen LogP contribution in [0.2, 0.25) is 0 Å². The number of aromatic nitrogens is 3. The number of hydrogen-bond acceptors (Lipinski definition) is 3. The van der Waals surface area contributed by atoms with Crippen LogP contribution in [0, 0.1) is 0 Å². The fraction of sp³-hybridized carbons (Fsp3) is 0.500. The lowest BCUT2D eigenvalue weighted by atomic mass is 10.1. The molecule has 1 aliphatic rings. The van der Waals surface area contributed by atoms with E-state index < -0.39 is 0 Å². The number of hydrogen-bond donors (Lipinski definition) is 0. The summed E-state index contributed by atoms with van der Waals surface area (Å²) in [5.41, 5.74) is 1.39. The summed E-state index contributed by atoms with van der Waals surface area (Å²) in [4.78, 5) is 7.04. The van der Waals surface area contributed by atoms with Crippen LogP contribution in [-0.2, 0) is 19.9 Å². The first-order valence-electron chi connectivity index (χ1n) is 7.52. The van der Waals surface area contributed by atoms with Gasteiger partial charge in [-0.05, 0) is 31.2 Å². The number of anilines is 1. The number of nitrogens with zero attached hydrogens (tertiary/aromatic N) is 4. The molecule has 3 rings (SSSR count). The van der Waals surface area contributed by atoms with E-state index in [1.54, 1.807) is 0 Å². The van der Waals surface area contributed by atoms with Crippen molar-refractivity contribution in [2.45, 2.75) is 32.1 Å². The molecular formula is C16H22N4. The first kappa shape index (κ1) is 13.2. The van der Waals surface area contributed by atoms with Crippen molar-refractivity contribution >= 4 is 5.95 Å². The zero-order valence-electron chi connectivity index (χ0n) is 12.1. The lowest BCUT2D eigenvalue weighted by Crippen LogP contribution is -2.21. The molecule has 2 aromatic rings. The highest BCUT2D eigenvalue weighted by atomic mass is 15.4. The second kappa shape index (κ2) is 6.07. The predicted octanol–water partition coefficient (Wildman–Crippen LogP) is 2.59. The van der Waals surface area contributed by atoms with Crippen molar-refractivity contribution in [1.82, 2.24) is 14.8 Å². The van der Waals surface area contributed by atoms with Crippen molar-refractivity contribution in [3.63, 3.8) is 0 Å². The Morgan fingerprint density at radius 3 is 2.55 bits per heavy atom. The zero-order valence-corrected chi connectivity index (χ0v) is 12.1. The molecule has 1 fully saturated rings. The summed E-state index contributed by atoms with van der Waals surface area (Å²) < 4.78 is 1.93. The fourth-order valence-electron chi connectivity index (χ4n) is 2.82. The molecule has 1 aromatic carbocycles. The van der Waals surface area contributed by atoms with E-state index in [0.717, 1.165) is 44.1 Å². The summed E-state index contributed by atoms with van der Waals surface area (Å²) in [6.07, 6.45) is 5.70. The molecule has 1 aromatic heterocycles. The minimum Gasteiger partial charge on any atom is -0.341 e. The van der Waals surface area contributed by atoms with Crippen LogP contribution in [0.5, 0.6) is 0 Å². The lowest BCUT2D eigenvalue weighted by Gasteiger charge is -2.14. The quantitative estimate of drug-likeness (QED) is 0.837. The average molecular weight is 270 g/mol. The third-order valence-corrected chi connectivity index (χ3v) is 3.88. The molecule has 0 spiro atoms. The van der Waals surface area contributed by atoms with E-state index in [-0.39, 0.29) is 0 Å². The van der Waals surface area contributed by atoms with Crippen molar-refractivity contribution in [2.75, 3.05) is 18.0 Å². The van der Waals surface area contributed by atoms with Crippen molar-refractivity contribution in [2.24, 2.45) is 7.05 Å². The maximum absolute atomic E-state index is 4.70. The van der Waals surface area contributed by atoms with E-state index in [4.69, 9.17) is 4.98 Å². The monoisotopic (exact) mass is 270 g/mol. The van der Waals surface area contributed by atoms with Gasteiger partial charge in [-0.3, -0.25) is 0 Å². The Hall–Kier alpha value is -1.84. The van der Waals surface area contributed by atoms with Gasteiger partial charge in [-0.25, -0.2) is 4.68 Å². The van der Waals surface area contributed by atoms with Gasteiger partial charge in [0.05, 0.1) is 0 Å². The summed E-state index contributed by atoms with van der Waals surface area (Å²) in [6, 6.07) is 10.6. The van der Waals surface area contributed by atoms with E-state index >= 15 is 0 Å². The normalized spacial score (nSPS) is 14.9. The third-order valence-electron chi connectivity index (χ3n) is 3.88. The first-order valence-corrected chi connectivity index (χ1v) is 7.52. The minimum absolute atomic E-state index is 0.955. The summed E-state index contributed by atoms with van der Waals surface area (Å²) in [5, 5.41) is 4.55. The average Bonchev–Trinajstić information content (AvgIpc) is 3.09. The Balaban J connectivity index is 1.56. The fourth-order valence-corrected chi connectivity index (χ4v) is 2.82. The molecule has 106 valence electrons. The van der Waals surface area contributed by atoms with E-state index in [0.29, 0.717) is 0 Å². The van der Waals surface area contributed by atoms with E-state index in [1.807, 2.05) is 11.7 Å². The molecule has 1 saturated heterocycles. The van der Waals surface area contributed by atoms with E-state index in [9.17, 15) is 0 Å². The van der Waals surface area contributed by atoms with Gasteiger partial charge >= 0.3 is 0 Å². The highest BCUT2D eigenvalue weighted by Crippen LogP contribution is 2.17. The number of rotatable bonds is 5. The van der Waals surface area contributed by atoms with Crippen LogP contribution < -0.4 is 4.90 Å². The van der Waals surface area contributed by atoms with Gasteiger partial charge in [-0.1, -0.05) is 30.3 Å². The van der Waals surface area contributed by atoms with Crippen LogP contribution >= 0.6 is 0 Å². The molecule has 0 amide bonds. The van der Waals surface area contributed by atoms with Crippen LogP contribution in [0.25, 0.3) is 0 Å². The summed E-state index contributed by atoms with van der Waals surface area (Å²) >= 11 is 0. The van der Waals surface area contributed by atoms with Gasteiger partial charge in [0.2, 0.25) is 5.95 Å². The Morgan fingerprint density at radius 2 is 1.80 bits per heavy atom. The van der Waals surface area contributed by atoms with Gasteiger partial charge < -0.3 is 4.90 Å². The van der Waals surface area contributed by atoms with Gasteiger partial charge in [-0.15, -0.1) is 0 Å². The SMILES string of the molecule is Cn1nc(CCCc2ccccc2)nc1N1CCCC1. The van der Waals surface area contributed by atoms with Crippen LogP contribution in [-0.4, -0.2) is 27.9 Å². The highest BCUT2D eigenvalue weighted by Gasteiger charge is 2.18. The summed E-state index contributed by atoms with van der Waals surface area (Å²) in [5.74, 6) is 2.02. The number of benzene rings is 1. The van der Waals surface area contributed by atoms with Gasteiger partial charge in [0.15, 0.2) is 5.82 Å². The first-order chi connectivity index (χ1) is 9.83. The largest absolute Gasteiger partial charge is 0.341 e. The van der Waals surface area contributed by atoms with Gasteiger partial charge in [0.25, 0.3) is 0 Å². The molecule has 0 saturated carbocycles. The zero-order chi connectivity index (χ0) is 13.8. The van der Waals surface area contributed by atoms with Crippen molar-refractivity contribution < 1.29 is 0 Å². The topological polar surface area (TPSA) is 34.0 Å². The Bertz CT molecular complexity index is 541. The molecule has 0 atom stereocenters. The lowest BCUT2D eigenvalue weighted by molar-refractivity contribution is 0.707. The predicted molar refractivity (Wildman–Crippen MR) is 80.9 cm³/mol. The number of aryl methyl sites for hydroxylation is 3. The van der Waals surface area contributed by atoms with Crippen LogP contribution in [0.3, 0.4) is 0 Å². The molecule has 1 aliphatic heterocycles. The van der Waals surface area contributed by atoms with Crippen molar-refractivity contribution in [1.29, 1.82) is 0 Å². The second-order valence-electron chi connectivity index (χ2n) is 5.48. The molecule has 0 aliphatic carbocycles. The summed E-state index contributed by atoms with van der Waals surface area (Å²) in [7, 11) is 2.00. The van der Waals surface area contributed by atoms with Crippen LogP contribution in [0.15, 0.2) is 30.3 Å². The van der Waals surface area contributed by atoms with Crippen molar-refractivity contribution in [3.05, 3.63) is 41.7 Å². The van der Waals surface area contributed by atoms with Crippen LogP contribution in [0.1, 0.15) is 30.7 Å². The smallest absolute Gasteiger partial charge is 0.223 e. The molecule has 0 N–H and O–H groups in total. The van der Waals surface area contributed by atoms with E-state index in [1.165, 1.54) is 18.4 Å². The van der Waals surface area contributed by atoms with E-state index in [2.05, 4.69) is 40.3 Å². The van der Waals surface area contributed by atoms with Gasteiger partial charge in [-0.2, -0.15) is 10.1 Å². The molecule has 0 unspecified atom stereocenters. The molecule has 0 bridgehead atoms. The second-order valence-corrected chi connectivity index (χ2v) is 5.48. The van der Waals surface area contributed by atoms with Gasteiger partial charge in [0, 0.05) is 26.6 Å². The minimum atomic E-state index is 0.955. The molecule has 2 heterocycles. The maximum Gasteiger partial charge on any atom is 0.223 e. The van der Waals surface area contributed by atoms with Crippen molar-refractivity contribution in [3.8, 4) is 0 Å².